The van der Waals surface area contributed by atoms with Gasteiger partial charge in [0, 0.05) is 25.1 Å². The van der Waals surface area contributed by atoms with Crippen molar-refractivity contribution in [3.8, 4) is 0 Å². The molecule has 1 fully saturated rings. The van der Waals surface area contributed by atoms with Gasteiger partial charge in [0.2, 0.25) is 0 Å². The number of hydrogen-bond acceptors (Lipinski definition) is 4. The Kier molecular flexibility index (Phi) is 6.63. The molecule has 1 aliphatic heterocycles. The number of ether oxygens (including phenoxy) is 2. The summed E-state index contributed by atoms with van der Waals surface area (Å²) in [4.78, 5) is 11.2. The number of rotatable bonds is 9. The average Bonchev–Trinajstić information content (AvgIpc) is 2.97. The van der Waals surface area contributed by atoms with Gasteiger partial charge in [-0.05, 0) is 51.2 Å². The third-order valence-corrected chi connectivity index (χ3v) is 4.89. The molecule has 26 heavy (non-hydrogen) atoms. The smallest absolute Gasteiger partial charge is 0.335 e. The summed E-state index contributed by atoms with van der Waals surface area (Å²) in [7, 11) is 0. The van der Waals surface area contributed by atoms with Crippen molar-refractivity contribution in [3.05, 3.63) is 29.5 Å². The number of nitrogens with zero attached hydrogens (tertiary/aromatic N) is 2. The molecule has 0 spiro atoms. The van der Waals surface area contributed by atoms with E-state index in [-0.39, 0.29) is 6.29 Å². The molecule has 3 rings (SSSR count). The van der Waals surface area contributed by atoms with Crippen molar-refractivity contribution in [1.29, 1.82) is 0 Å². The number of aromatic carboxylic acids is 1. The van der Waals surface area contributed by atoms with Gasteiger partial charge in [-0.25, -0.2) is 4.79 Å². The van der Waals surface area contributed by atoms with Crippen molar-refractivity contribution in [1.82, 2.24) is 9.78 Å². The van der Waals surface area contributed by atoms with Gasteiger partial charge in [0.1, 0.15) is 0 Å². The highest BCUT2D eigenvalue weighted by molar-refractivity contribution is 5.93. The first-order chi connectivity index (χ1) is 12.6. The predicted octanol–water partition coefficient (Wildman–Crippen LogP) is 4.15. The van der Waals surface area contributed by atoms with Crippen LogP contribution in [0.2, 0.25) is 0 Å². The molecule has 1 atom stereocenters. The van der Waals surface area contributed by atoms with E-state index in [1.54, 1.807) is 12.1 Å². The van der Waals surface area contributed by atoms with Gasteiger partial charge in [0.25, 0.3) is 0 Å². The van der Waals surface area contributed by atoms with Crippen LogP contribution in [0.1, 0.15) is 61.0 Å². The van der Waals surface area contributed by atoms with Gasteiger partial charge in [0.15, 0.2) is 6.29 Å². The fourth-order valence-electron chi connectivity index (χ4n) is 3.42. The van der Waals surface area contributed by atoms with Crippen LogP contribution in [0.3, 0.4) is 0 Å². The number of carboxylic acid groups (broad SMARTS) is 1. The van der Waals surface area contributed by atoms with E-state index in [0.717, 1.165) is 74.9 Å². The summed E-state index contributed by atoms with van der Waals surface area (Å²) in [5.41, 5.74) is 2.15. The number of carbonyl (C=O) groups is 1. The second-order valence-electron chi connectivity index (χ2n) is 6.93. The van der Waals surface area contributed by atoms with E-state index < -0.39 is 5.97 Å². The lowest BCUT2D eigenvalue weighted by Crippen LogP contribution is -2.22. The van der Waals surface area contributed by atoms with Crippen molar-refractivity contribution < 1.29 is 19.4 Å². The van der Waals surface area contributed by atoms with Gasteiger partial charge >= 0.3 is 5.97 Å². The van der Waals surface area contributed by atoms with Crippen molar-refractivity contribution in [3.63, 3.8) is 0 Å². The fraction of sp³-hybridized carbons (Fsp3) is 0.600. The first kappa shape index (κ1) is 18.9. The van der Waals surface area contributed by atoms with E-state index in [1.165, 1.54) is 6.42 Å². The van der Waals surface area contributed by atoms with E-state index in [1.807, 2.05) is 17.7 Å². The average molecular weight is 360 g/mol. The monoisotopic (exact) mass is 360 g/mol. The SMILES string of the molecule is Cc1nn(CCCCCCOC2CCCCO2)c2cc(C(=O)O)ccc12. The van der Waals surface area contributed by atoms with Crippen LogP contribution in [-0.4, -0.2) is 40.4 Å². The fourth-order valence-corrected chi connectivity index (χ4v) is 3.42. The van der Waals surface area contributed by atoms with Crippen molar-refractivity contribution in [2.45, 2.75) is 64.7 Å². The lowest BCUT2D eigenvalue weighted by atomic mass is 10.1. The van der Waals surface area contributed by atoms with E-state index in [2.05, 4.69) is 5.10 Å². The van der Waals surface area contributed by atoms with Crippen molar-refractivity contribution in [2.75, 3.05) is 13.2 Å². The minimum atomic E-state index is -0.903. The molecular weight excluding hydrogens is 332 g/mol. The molecule has 0 bridgehead atoms. The van der Waals surface area contributed by atoms with E-state index >= 15 is 0 Å². The Bertz CT molecular complexity index is 735. The van der Waals surface area contributed by atoms with Gasteiger partial charge in [-0.2, -0.15) is 5.10 Å². The lowest BCUT2D eigenvalue weighted by molar-refractivity contribution is -0.162. The Hall–Kier alpha value is -1.92. The number of hydrogen-bond donors (Lipinski definition) is 1. The zero-order chi connectivity index (χ0) is 18.4. The highest BCUT2D eigenvalue weighted by atomic mass is 16.7. The number of aryl methyl sites for hydroxylation is 2. The highest BCUT2D eigenvalue weighted by Gasteiger charge is 2.13. The minimum absolute atomic E-state index is 0.00518. The summed E-state index contributed by atoms with van der Waals surface area (Å²) in [6.07, 6.45) is 7.66. The predicted molar refractivity (Wildman–Crippen MR) is 99.4 cm³/mol. The zero-order valence-corrected chi connectivity index (χ0v) is 15.4. The van der Waals surface area contributed by atoms with Gasteiger partial charge < -0.3 is 14.6 Å². The Morgan fingerprint density at radius 3 is 2.92 bits per heavy atom. The van der Waals surface area contributed by atoms with Crippen LogP contribution in [0.4, 0.5) is 0 Å². The quantitative estimate of drug-likeness (QED) is 0.680. The standard InChI is InChI=1S/C20H28N2O4/c1-15-17-10-9-16(20(23)24)14-18(17)22(21-15)11-5-2-3-6-12-25-19-8-4-7-13-26-19/h9-10,14,19H,2-8,11-13H2,1H3,(H,23,24). The van der Waals surface area contributed by atoms with E-state index in [4.69, 9.17) is 9.47 Å². The van der Waals surface area contributed by atoms with Crippen molar-refractivity contribution in [2.24, 2.45) is 0 Å². The molecule has 142 valence electrons. The third-order valence-electron chi connectivity index (χ3n) is 4.89. The molecule has 0 radical (unpaired) electrons. The summed E-state index contributed by atoms with van der Waals surface area (Å²) in [5, 5.41) is 14.8. The molecule has 6 nitrogen and oxygen atoms in total. The first-order valence-electron chi connectivity index (χ1n) is 9.59. The van der Waals surface area contributed by atoms with Crippen LogP contribution < -0.4 is 0 Å². The van der Waals surface area contributed by atoms with Crippen LogP contribution in [0.5, 0.6) is 0 Å². The molecule has 1 aliphatic rings. The minimum Gasteiger partial charge on any atom is -0.478 e. The zero-order valence-electron chi connectivity index (χ0n) is 15.4. The molecular formula is C20H28N2O4. The van der Waals surface area contributed by atoms with Crippen LogP contribution in [0, 0.1) is 6.92 Å². The first-order valence-corrected chi connectivity index (χ1v) is 9.59. The van der Waals surface area contributed by atoms with Gasteiger partial charge in [0.05, 0.1) is 16.8 Å². The van der Waals surface area contributed by atoms with Crippen LogP contribution >= 0.6 is 0 Å². The lowest BCUT2D eigenvalue weighted by Gasteiger charge is -2.22. The molecule has 2 aromatic rings. The Morgan fingerprint density at radius 2 is 2.15 bits per heavy atom. The van der Waals surface area contributed by atoms with Crippen LogP contribution in [0.15, 0.2) is 18.2 Å². The maximum Gasteiger partial charge on any atom is 0.335 e. The normalized spacial score (nSPS) is 17.7. The number of carboxylic acids is 1. The largest absolute Gasteiger partial charge is 0.478 e. The number of unbranched alkanes of at least 4 members (excludes halogenated alkanes) is 3. The summed E-state index contributed by atoms with van der Waals surface area (Å²) in [6.45, 7) is 4.35. The summed E-state index contributed by atoms with van der Waals surface area (Å²) >= 11 is 0. The molecule has 1 aromatic heterocycles. The Morgan fingerprint density at radius 1 is 1.31 bits per heavy atom. The Labute approximate surface area is 154 Å². The molecule has 0 saturated carbocycles. The molecule has 1 unspecified atom stereocenters. The second-order valence-corrected chi connectivity index (χ2v) is 6.93. The highest BCUT2D eigenvalue weighted by Crippen LogP contribution is 2.21. The van der Waals surface area contributed by atoms with Gasteiger partial charge in [-0.15, -0.1) is 0 Å². The molecule has 1 aromatic carbocycles. The Balaban J connectivity index is 1.41. The second kappa shape index (κ2) is 9.14. The van der Waals surface area contributed by atoms with E-state index in [0.29, 0.717) is 5.56 Å². The number of fused-ring (bicyclic) bond motifs is 1. The summed E-state index contributed by atoms with van der Waals surface area (Å²) < 4.78 is 13.2. The van der Waals surface area contributed by atoms with Crippen LogP contribution in [-0.2, 0) is 16.0 Å². The molecule has 2 heterocycles. The maximum absolute atomic E-state index is 11.2. The topological polar surface area (TPSA) is 73.6 Å². The molecule has 1 saturated heterocycles. The third kappa shape index (κ3) is 4.83. The summed E-state index contributed by atoms with van der Waals surface area (Å²) in [5.74, 6) is -0.903. The summed E-state index contributed by atoms with van der Waals surface area (Å²) in [6, 6.07) is 5.21. The molecule has 6 heteroatoms. The number of benzene rings is 1. The van der Waals surface area contributed by atoms with E-state index in [9.17, 15) is 9.90 Å². The number of aromatic nitrogens is 2. The molecule has 0 aliphatic carbocycles. The van der Waals surface area contributed by atoms with Gasteiger partial charge in [-0.3, -0.25) is 4.68 Å². The molecule has 1 N–H and O–H groups in total. The van der Waals surface area contributed by atoms with Gasteiger partial charge in [-0.1, -0.05) is 18.9 Å². The maximum atomic E-state index is 11.2. The van der Waals surface area contributed by atoms with Crippen LogP contribution in [0.25, 0.3) is 10.9 Å². The molecule has 0 amide bonds. The van der Waals surface area contributed by atoms with Crippen molar-refractivity contribution >= 4 is 16.9 Å².